The van der Waals surface area contributed by atoms with E-state index >= 15 is 0 Å². The Bertz CT molecular complexity index is 349. The number of carboxylic acids is 2. The van der Waals surface area contributed by atoms with Crippen molar-refractivity contribution in [2.24, 2.45) is 0 Å². The Kier molecular flexibility index (Phi) is 17.6. The van der Waals surface area contributed by atoms with E-state index in [0.29, 0.717) is 12.8 Å². The summed E-state index contributed by atoms with van der Waals surface area (Å²) in [4.78, 5) is 20.7. The van der Waals surface area contributed by atoms with Crippen LogP contribution in [0.3, 0.4) is 0 Å². The highest BCUT2D eigenvalue weighted by Gasteiger charge is 1.96. The van der Waals surface area contributed by atoms with E-state index in [1.807, 2.05) is 0 Å². The number of unbranched alkanes of at least 4 members (excludes halogenated alkanes) is 10. The molecular formula is C21H36O4. The summed E-state index contributed by atoms with van der Waals surface area (Å²) in [5, 5.41) is 17.1. The van der Waals surface area contributed by atoms with Crippen molar-refractivity contribution in [2.75, 3.05) is 0 Å². The van der Waals surface area contributed by atoms with Crippen LogP contribution in [0.4, 0.5) is 0 Å². The van der Waals surface area contributed by atoms with Crippen molar-refractivity contribution in [2.45, 2.75) is 96.3 Å². The van der Waals surface area contributed by atoms with Gasteiger partial charge in [-0.2, -0.15) is 0 Å². The normalized spacial score (nSPS) is 11.5. The molecule has 0 unspecified atom stereocenters. The minimum Gasteiger partial charge on any atom is -0.481 e. The van der Waals surface area contributed by atoms with Crippen molar-refractivity contribution in [1.29, 1.82) is 0 Å². The summed E-state index contributed by atoms with van der Waals surface area (Å²) in [6.45, 7) is 0. The van der Waals surface area contributed by atoms with Gasteiger partial charge in [-0.05, 0) is 44.9 Å². The molecule has 4 heteroatoms. The van der Waals surface area contributed by atoms with Crippen LogP contribution >= 0.6 is 0 Å². The van der Waals surface area contributed by atoms with Crippen LogP contribution in [0.5, 0.6) is 0 Å². The number of hydrogen-bond donors (Lipinski definition) is 2. The smallest absolute Gasteiger partial charge is 0.303 e. The van der Waals surface area contributed by atoms with Crippen LogP contribution in [0.1, 0.15) is 96.3 Å². The molecule has 25 heavy (non-hydrogen) atoms. The number of carbonyl (C=O) groups is 2. The molecule has 0 aliphatic heterocycles. The standard InChI is InChI=1S/C21H36O4/c22-20(23)18-16-14-12-10-8-6-4-2-1-3-5-7-9-11-13-15-17-19-21(24)25/h2-5H,1,6-19H2,(H,22,23)(H,24,25). The van der Waals surface area contributed by atoms with Crippen molar-refractivity contribution in [3.63, 3.8) is 0 Å². The molecule has 0 rings (SSSR count). The fourth-order valence-corrected chi connectivity index (χ4v) is 2.64. The second-order valence-corrected chi connectivity index (χ2v) is 6.58. The van der Waals surface area contributed by atoms with E-state index in [0.717, 1.165) is 57.8 Å². The quantitative estimate of drug-likeness (QED) is 0.230. The van der Waals surface area contributed by atoms with Crippen LogP contribution in [0.25, 0.3) is 0 Å². The van der Waals surface area contributed by atoms with E-state index < -0.39 is 11.9 Å². The van der Waals surface area contributed by atoms with Gasteiger partial charge in [0.1, 0.15) is 0 Å². The maximum absolute atomic E-state index is 10.4. The Morgan fingerprint density at radius 1 is 0.520 bits per heavy atom. The first-order valence-electron chi connectivity index (χ1n) is 9.86. The van der Waals surface area contributed by atoms with Gasteiger partial charge in [-0.3, -0.25) is 9.59 Å². The molecule has 0 aromatic heterocycles. The molecule has 0 radical (unpaired) electrons. The van der Waals surface area contributed by atoms with Gasteiger partial charge < -0.3 is 10.2 Å². The summed E-state index contributed by atoms with van der Waals surface area (Å²) >= 11 is 0. The van der Waals surface area contributed by atoms with Gasteiger partial charge in [-0.15, -0.1) is 0 Å². The zero-order chi connectivity index (χ0) is 18.6. The largest absolute Gasteiger partial charge is 0.481 e. The fourth-order valence-electron chi connectivity index (χ4n) is 2.64. The van der Waals surface area contributed by atoms with Gasteiger partial charge in [0.25, 0.3) is 0 Å². The molecule has 0 saturated carbocycles. The van der Waals surface area contributed by atoms with Crippen LogP contribution in [0.2, 0.25) is 0 Å². The second kappa shape index (κ2) is 18.8. The van der Waals surface area contributed by atoms with Gasteiger partial charge >= 0.3 is 11.9 Å². The Labute approximate surface area is 153 Å². The third-order valence-corrected chi connectivity index (χ3v) is 4.13. The van der Waals surface area contributed by atoms with Crippen LogP contribution in [0, 0.1) is 0 Å². The predicted molar refractivity (Wildman–Crippen MR) is 103 cm³/mol. The highest BCUT2D eigenvalue weighted by molar-refractivity contribution is 5.66. The molecule has 0 saturated heterocycles. The van der Waals surface area contributed by atoms with Crippen LogP contribution in [0.15, 0.2) is 24.3 Å². The Hall–Kier alpha value is -1.58. The number of hydrogen-bond acceptors (Lipinski definition) is 2. The molecule has 0 amide bonds. The summed E-state index contributed by atoms with van der Waals surface area (Å²) in [5.74, 6) is -1.38. The van der Waals surface area contributed by atoms with Gasteiger partial charge in [-0.1, -0.05) is 62.8 Å². The van der Waals surface area contributed by atoms with Crippen LogP contribution in [-0.4, -0.2) is 22.2 Å². The number of allylic oxidation sites excluding steroid dienone is 4. The lowest BCUT2D eigenvalue weighted by atomic mass is 10.1. The van der Waals surface area contributed by atoms with E-state index in [1.54, 1.807) is 0 Å². The second-order valence-electron chi connectivity index (χ2n) is 6.58. The van der Waals surface area contributed by atoms with Crippen molar-refractivity contribution in [1.82, 2.24) is 0 Å². The zero-order valence-corrected chi connectivity index (χ0v) is 15.6. The molecular weight excluding hydrogens is 316 g/mol. The number of carboxylic acid groups (broad SMARTS) is 2. The highest BCUT2D eigenvalue weighted by atomic mass is 16.4. The predicted octanol–water partition coefficient (Wildman–Crippen LogP) is 6.12. The first-order valence-corrected chi connectivity index (χ1v) is 9.86. The lowest BCUT2D eigenvalue weighted by molar-refractivity contribution is -0.138. The Morgan fingerprint density at radius 2 is 0.880 bits per heavy atom. The topological polar surface area (TPSA) is 74.6 Å². The molecule has 0 atom stereocenters. The molecule has 144 valence electrons. The summed E-state index contributed by atoms with van der Waals surface area (Å²) in [6.07, 6.45) is 23.4. The maximum atomic E-state index is 10.4. The lowest BCUT2D eigenvalue weighted by Crippen LogP contribution is -1.93. The summed E-state index contributed by atoms with van der Waals surface area (Å²) in [7, 11) is 0. The van der Waals surface area contributed by atoms with Crippen molar-refractivity contribution >= 4 is 11.9 Å². The molecule has 2 N–H and O–H groups in total. The SMILES string of the molecule is O=C(O)CCCCCCCC=CCC=CCCCCCCCC(=O)O. The minimum atomic E-state index is -0.688. The Balaban J connectivity index is 3.22. The third-order valence-electron chi connectivity index (χ3n) is 4.13. The van der Waals surface area contributed by atoms with Gasteiger partial charge in [0.05, 0.1) is 0 Å². The van der Waals surface area contributed by atoms with E-state index in [9.17, 15) is 9.59 Å². The van der Waals surface area contributed by atoms with Gasteiger partial charge in [0.15, 0.2) is 0 Å². The first kappa shape index (κ1) is 23.4. The van der Waals surface area contributed by atoms with Crippen molar-refractivity contribution in [3.8, 4) is 0 Å². The van der Waals surface area contributed by atoms with Gasteiger partial charge in [-0.25, -0.2) is 0 Å². The molecule has 0 aliphatic carbocycles. The van der Waals surface area contributed by atoms with Crippen LogP contribution in [-0.2, 0) is 9.59 Å². The molecule has 0 bridgehead atoms. The summed E-state index contributed by atoms with van der Waals surface area (Å²) < 4.78 is 0. The molecule has 0 spiro atoms. The molecule has 0 aromatic rings. The van der Waals surface area contributed by atoms with E-state index in [4.69, 9.17) is 10.2 Å². The molecule has 0 aromatic carbocycles. The Morgan fingerprint density at radius 3 is 1.28 bits per heavy atom. The van der Waals surface area contributed by atoms with Gasteiger partial charge in [0.2, 0.25) is 0 Å². The van der Waals surface area contributed by atoms with Gasteiger partial charge in [0, 0.05) is 12.8 Å². The van der Waals surface area contributed by atoms with E-state index in [1.165, 1.54) is 25.7 Å². The lowest BCUT2D eigenvalue weighted by Gasteiger charge is -1.98. The zero-order valence-electron chi connectivity index (χ0n) is 15.6. The summed E-state index contributed by atoms with van der Waals surface area (Å²) in [5.41, 5.74) is 0. The number of aliphatic carboxylic acids is 2. The monoisotopic (exact) mass is 352 g/mol. The fraction of sp³-hybridized carbons (Fsp3) is 0.714. The third kappa shape index (κ3) is 22.4. The molecule has 0 aliphatic rings. The number of rotatable bonds is 18. The van der Waals surface area contributed by atoms with E-state index in [2.05, 4.69) is 24.3 Å². The minimum absolute atomic E-state index is 0.303. The van der Waals surface area contributed by atoms with Crippen molar-refractivity contribution in [3.05, 3.63) is 24.3 Å². The summed E-state index contributed by atoms with van der Waals surface area (Å²) in [6, 6.07) is 0. The molecule has 4 nitrogen and oxygen atoms in total. The average molecular weight is 353 g/mol. The molecule has 0 fully saturated rings. The van der Waals surface area contributed by atoms with Crippen molar-refractivity contribution < 1.29 is 19.8 Å². The average Bonchev–Trinajstić information content (AvgIpc) is 2.56. The maximum Gasteiger partial charge on any atom is 0.303 e. The highest BCUT2D eigenvalue weighted by Crippen LogP contribution is 2.09. The van der Waals surface area contributed by atoms with E-state index in [-0.39, 0.29) is 0 Å². The first-order chi connectivity index (χ1) is 12.1. The molecule has 0 heterocycles. The van der Waals surface area contributed by atoms with Crippen LogP contribution < -0.4 is 0 Å².